The standard InChI is InChI=1S/C11H13NO4S2/c1-8-3-2-4-9(5-8)18(15,16)12-7-17-6-10(12)11(13)14/h2-5,10H,6-7H2,1H3,(H,13,14). The SMILES string of the molecule is Cc1cccc(S(=O)(=O)N2CSCC2C(=O)O)c1. The van der Waals surface area contributed by atoms with Gasteiger partial charge in [-0.25, -0.2) is 8.42 Å². The summed E-state index contributed by atoms with van der Waals surface area (Å²) >= 11 is 1.31. The first-order valence-electron chi connectivity index (χ1n) is 5.32. The van der Waals surface area contributed by atoms with Crippen molar-refractivity contribution in [2.45, 2.75) is 17.9 Å². The molecule has 0 spiro atoms. The van der Waals surface area contributed by atoms with Crippen LogP contribution in [0.1, 0.15) is 5.56 Å². The van der Waals surface area contributed by atoms with E-state index in [-0.39, 0.29) is 10.8 Å². The van der Waals surface area contributed by atoms with Crippen molar-refractivity contribution in [3.63, 3.8) is 0 Å². The molecule has 7 heteroatoms. The number of aryl methyl sites for hydroxylation is 1. The summed E-state index contributed by atoms with van der Waals surface area (Å²) in [7, 11) is -3.72. The number of rotatable bonds is 3. The molecule has 0 amide bonds. The van der Waals surface area contributed by atoms with E-state index in [1.54, 1.807) is 25.1 Å². The average molecular weight is 287 g/mol. The molecule has 1 aromatic carbocycles. The van der Waals surface area contributed by atoms with Gasteiger partial charge in [0.2, 0.25) is 10.0 Å². The van der Waals surface area contributed by atoms with Gasteiger partial charge in [-0.1, -0.05) is 12.1 Å². The number of carboxylic acids is 1. The lowest BCUT2D eigenvalue weighted by Crippen LogP contribution is -2.41. The minimum absolute atomic E-state index is 0.149. The molecule has 1 heterocycles. The fraction of sp³-hybridized carbons (Fsp3) is 0.364. The smallest absolute Gasteiger partial charge is 0.322 e. The van der Waals surface area contributed by atoms with E-state index in [1.807, 2.05) is 0 Å². The van der Waals surface area contributed by atoms with Gasteiger partial charge in [-0.3, -0.25) is 4.79 Å². The van der Waals surface area contributed by atoms with Gasteiger partial charge in [-0.15, -0.1) is 11.8 Å². The van der Waals surface area contributed by atoms with Crippen molar-refractivity contribution in [3.05, 3.63) is 29.8 Å². The number of carboxylic acid groups (broad SMARTS) is 1. The van der Waals surface area contributed by atoms with Crippen LogP contribution in [0.3, 0.4) is 0 Å². The number of thioether (sulfide) groups is 1. The molecule has 0 aromatic heterocycles. The Balaban J connectivity index is 2.40. The van der Waals surface area contributed by atoms with Gasteiger partial charge in [0.25, 0.3) is 0 Å². The van der Waals surface area contributed by atoms with Crippen LogP contribution in [0, 0.1) is 6.92 Å². The van der Waals surface area contributed by atoms with E-state index >= 15 is 0 Å². The monoisotopic (exact) mass is 287 g/mol. The Kier molecular flexibility index (Phi) is 3.65. The van der Waals surface area contributed by atoms with E-state index in [1.165, 1.54) is 17.8 Å². The van der Waals surface area contributed by atoms with E-state index in [0.29, 0.717) is 5.75 Å². The van der Waals surface area contributed by atoms with Gasteiger partial charge in [-0.05, 0) is 24.6 Å². The third-order valence-corrected chi connectivity index (χ3v) is 5.75. The summed E-state index contributed by atoms with van der Waals surface area (Å²) in [6.07, 6.45) is 0. The van der Waals surface area contributed by atoms with Crippen LogP contribution in [0.25, 0.3) is 0 Å². The molecule has 2 rings (SSSR count). The summed E-state index contributed by atoms with van der Waals surface area (Å²) in [5.74, 6) is -0.621. The van der Waals surface area contributed by atoms with Crippen LogP contribution >= 0.6 is 11.8 Å². The highest BCUT2D eigenvalue weighted by molar-refractivity contribution is 8.00. The molecule has 1 N–H and O–H groups in total. The van der Waals surface area contributed by atoms with E-state index in [9.17, 15) is 13.2 Å². The number of sulfonamides is 1. The van der Waals surface area contributed by atoms with Gasteiger partial charge < -0.3 is 5.11 Å². The topological polar surface area (TPSA) is 74.7 Å². The fourth-order valence-electron chi connectivity index (χ4n) is 1.77. The quantitative estimate of drug-likeness (QED) is 0.902. The molecular weight excluding hydrogens is 274 g/mol. The summed E-state index contributed by atoms with van der Waals surface area (Å²) in [6, 6.07) is 5.52. The van der Waals surface area contributed by atoms with Crippen LogP contribution in [0.5, 0.6) is 0 Å². The highest BCUT2D eigenvalue weighted by Gasteiger charge is 2.39. The summed E-state index contributed by atoms with van der Waals surface area (Å²) < 4.78 is 25.8. The molecule has 1 aromatic rings. The summed E-state index contributed by atoms with van der Waals surface area (Å²) in [6.45, 7) is 1.80. The third kappa shape index (κ3) is 2.38. The minimum Gasteiger partial charge on any atom is -0.480 e. The van der Waals surface area contributed by atoms with Crippen LogP contribution in [0.4, 0.5) is 0 Å². The van der Waals surface area contributed by atoms with Gasteiger partial charge in [0.1, 0.15) is 6.04 Å². The Morgan fingerprint density at radius 2 is 2.22 bits per heavy atom. The zero-order valence-electron chi connectivity index (χ0n) is 9.74. The number of carbonyl (C=O) groups is 1. The van der Waals surface area contributed by atoms with Crippen molar-refractivity contribution in [1.82, 2.24) is 4.31 Å². The largest absolute Gasteiger partial charge is 0.480 e. The van der Waals surface area contributed by atoms with E-state index in [4.69, 9.17) is 5.11 Å². The molecule has 1 aliphatic rings. The Hall–Kier alpha value is -1.05. The molecule has 0 bridgehead atoms. The van der Waals surface area contributed by atoms with Crippen molar-refractivity contribution < 1.29 is 18.3 Å². The second-order valence-electron chi connectivity index (χ2n) is 4.06. The predicted octanol–water partition coefficient (Wildman–Crippen LogP) is 1.14. The molecule has 0 aliphatic carbocycles. The van der Waals surface area contributed by atoms with Crippen molar-refractivity contribution in [2.75, 3.05) is 11.6 Å². The highest BCUT2D eigenvalue weighted by Crippen LogP contribution is 2.28. The van der Waals surface area contributed by atoms with Gasteiger partial charge in [0.15, 0.2) is 0 Å². The fourth-order valence-corrected chi connectivity index (χ4v) is 5.01. The number of hydrogen-bond donors (Lipinski definition) is 1. The van der Waals surface area contributed by atoms with Gasteiger partial charge in [-0.2, -0.15) is 4.31 Å². The number of aliphatic carboxylic acids is 1. The molecule has 0 saturated carbocycles. The van der Waals surface area contributed by atoms with Crippen LogP contribution in [0.15, 0.2) is 29.2 Å². The van der Waals surface area contributed by atoms with Gasteiger partial charge in [0, 0.05) is 5.75 Å². The lowest BCUT2D eigenvalue weighted by Gasteiger charge is -2.20. The molecule has 5 nitrogen and oxygen atoms in total. The molecule has 1 aliphatic heterocycles. The summed E-state index contributed by atoms with van der Waals surface area (Å²) in [5, 5.41) is 9.03. The maximum Gasteiger partial charge on any atom is 0.322 e. The van der Waals surface area contributed by atoms with Crippen molar-refractivity contribution in [3.8, 4) is 0 Å². The van der Waals surface area contributed by atoms with Crippen molar-refractivity contribution >= 4 is 27.8 Å². The van der Waals surface area contributed by atoms with Gasteiger partial charge >= 0.3 is 5.97 Å². The first-order chi connectivity index (χ1) is 8.43. The molecule has 1 fully saturated rings. The van der Waals surface area contributed by atoms with Gasteiger partial charge in [0.05, 0.1) is 10.8 Å². The summed E-state index contributed by atoms with van der Waals surface area (Å²) in [5.41, 5.74) is 0.829. The lowest BCUT2D eigenvalue weighted by molar-refractivity contribution is -0.140. The molecule has 18 heavy (non-hydrogen) atoms. The maximum atomic E-state index is 12.4. The molecule has 98 valence electrons. The van der Waals surface area contributed by atoms with E-state index in [2.05, 4.69) is 0 Å². The Bertz CT molecular complexity index is 570. The molecular formula is C11H13NO4S2. The third-order valence-electron chi connectivity index (χ3n) is 2.72. The molecule has 1 atom stereocenters. The first kappa shape index (κ1) is 13.4. The lowest BCUT2D eigenvalue weighted by atomic mass is 10.2. The minimum atomic E-state index is -3.72. The predicted molar refractivity (Wildman–Crippen MR) is 69.0 cm³/mol. The van der Waals surface area contributed by atoms with Crippen molar-refractivity contribution in [1.29, 1.82) is 0 Å². The number of nitrogens with zero attached hydrogens (tertiary/aromatic N) is 1. The Morgan fingerprint density at radius 1 is 1.50 bits per heavy atom. The van der Waals surface area contributed by atoms with Crippen LogP contribution < -0.4 is 0 Å². The zero-order valence-corrected chi connectivity index (χ0v) is 11.4. The summed E-state index contributed by atoms with van der Waals surface area (Å²) in [4.78, 5) is 11.2. The average Bonchev–Trinajstić information content (AvgIpc) is 2.78. The normalized spacial score (nSPS) is 21.1. The Labute approximate surface area is 110 Å². The van der Waals surface area contributed by atoms with E-state index in [0.717, 1.165) is 9.87 Å². The van der Waals surface area contributed by atoms with Crippen LogP contribution in [-0.2, 0) is 14.8 Å². The number of hydrogen-bond acceptors (Lipinski definition) is 4. The number of benzene rings is 1. The van der Waals surface area contributed by atoms with Crippen molar-refractivity contribution in [2.24, 2.45) is 0 Å². The second kappa shape index (κ2) is 4.91. The molecule has 0 radical (unpaired) electrons. The Morgan fingerprint density at radius 3 is 2.83 bits per heavy atom. The maximum absolute atomic E-state index is 12.4. The van der Waals surface area contributed by atoms with E-state index < -0.39 is 22.0 Å². The zero-order chi connectivity index (χ0) is 13.3. The highest BCUT2D eigenvalue weighted by atomic mass is 32.2. The first-order valence-corrected chi connectivity index (χ1v) is 7.91. The molecule has 1 unspecified atom stereocenters. The molecule has 1 saturated heterocycles. The second-order valence-corrected chi connectivity index (χ2v) is 6.95. The van der Waals surface area contributed by atoms with Crippen LogP contribution in [0.2, 0.25) is 0 Å². The van der Waals surface area contributed by atoms with Crippen LogP contribution in [-0.4, -0.2) is 41.5 Å².